The maximum Gasteiger partial charge on any atom is 0.256 e. The van der Waals surface area contributed by atoms with Gasteiger partial charge in [-0.25, -0.2) is 9.97 Å². The molecule has 6 heteroatoms. The first kappa shape index (κ1) is 16.5. The first-order valence-electron chi connectivity index (χ1n) is 7.38. The van der Waals surface area contributed by atoms with Crippen LogP contribution in [0.1, 0.15) is 42.7 Å². The third kappa shape index (κ3) is 3.50. The molecule has 0 atom stereocenters. The number of aromatic nitrogens is 2. The topological polar surface area (TPSA) is 68.0 Å². The Morgan fingerprint density at radius 3 is 2.64 bits per heavy atom. The largest absolute Gasteiger partial charge is 0.461 e. The Labute approximate surface area is 134 Å². The SMILES string of the molecule is CCC(CC)NC(=O)c1c(C)nc(-c2ccco2)nc1SC. The van der Waals surface area contributed by atoms with Crippen LogP contribution in [0.4, 0.5) is 0 Å². The van der Waals surface area contributed by atoms with Gasteiger partial charge in [-0.1, -0.05) is 13.8 Å². The Kier molecular flexibility index (Phi) is 5.60. The maximum absolute atomic E-state index is 12.5. The van der Waals surface area contributed by atoms with E-state index in [0.29, 0.717) is 27.9 Å². The first-order valence-corrected chi connectivity index (χ1v) is 8.60. The molecule has 0 aliphatic carbocycles. The van der Waals surface area contributed by atoms with Crippen molar-refractivity contribution in [2.45, 2.75) is 44.7 Å². The normalized spacial score (nSPS) is 11.0. The molecule has 0 fully saturated rings. The molecule has 0 radical (unpaired) electrons. The van der Waals surface area contributed by atoms with Gasteiger partial charge < -0.3 is 9.73 Å². The zero-order valence-corrected chi connectivity index (χ0v) is 14.2. The van der Waals surface area contributed by atoms with Crippen LogP contribution in [0.25, 0.3) is 11.6 Å². The van der Waals surface area contributed by atoms with Crippen LogP contribution >= 0.6 is 11.8 Å². The Bertz CT molecular complexity index is 637. The Morgan fingerprint density at radius 2 is 2.09 bits per heavy atom. The molecule has 0 aliphatic rings. The molecule has 2 aromatic rings. The van der Waals surface area contributed by atoms with Crippen molar-refractivity contribution in [2.24, 2.45) is 0 Å². The van der Waals surface area contributed by atoms with Gasteiger partial charge in [0.1, 0.15) is 5.03 Å². The van der Waals surface area contributed by atoms with Crippen LogP contribution in [-0.4, -0.2) is 28.2 Å². The molecule has 2 heterocycles. The molecule has 0 spiro atoms. The molecule has 2 rings (SSSR count). The number of carbonyl (C=O) groups excluding carboxylic acids is 1. The summed E-state index contributed by atoms with van der Waals surface area (Å²) in [5, 5.41) is 3.72. The summed E-state index contributed by atoms with van der Waals surface area (Å²) in [5.41, 5.74) is 1.21. The monoisotopic (exact) mass is 319 g/mol. The summed E-state index contributed by atoms with van der Waals surface area (Å²) in [4.78, 5) is 21.4. The fourth-order valence-electron chi connectivity index (χ4n) is 2.22. The van der Waals surface area contributed by atoms with E-state index in [2.05, 4.69) is 29.1 Å². The molecule has 0 aliphatic heterocycles. The number of nitrogens with zero attached hydrogens (tertiary/aromatic N) is 2. The Balaban J connectivity index is 2.37. The summed E-state index contributed by atoms with van der Waals surface area (Å²) in [5.74, 6) is 0.998. The van der Waals surface area contributed by atoms with Gasteiger partial charge in [0.05, 0.1) is 17.5 Å². The Morgan fingerprint density at radius 1 is 1.36 bits per heavy atom. The smallest absolute Gasteiger partial charge is 0.256 e. The van der Waals surface area contributed by atoms with Crippen molar-refractivity contribution in [1.82, 2.24) is 15.3 Å². The van der Waals surface area contributed by atoms with Gasteiger partial charge >= 0.3 is 0 Å². The number of thioether (sulfide) groups is 1. The minimum absolute atomic E-state index is 0.110. The van der Waals surface area contributed by atoms with Gasteiger partial charge in [-0.15, -0.1) is 11.8 Å². The molecule has 22 heavy (non-hydrogen) atoms. The quantitative estimate of drug-likeness (QED) is 0.649. The lowest BCUT2D eigenvalue weighted by atomic mass is 10.1. The summed E-state index contributed by atoms with van der Waals surface area (Å²) in [6.45, 7) is 5.95. The molecule has 118 valence electrons. The minimum atomic E-state index is -0.110. The van der Waals surface area contributed by atoms with Crippen LogP contribution in [0.3, 0.4) is 0 Å². The second kappa shape index (κ2) is 7.45. The van der Waals surface area contributed by atoms with E-state index >= 15 is 0 Å². The summed E-state index contributed by atoms with van der Waals surface area (Å²) in [6.07, 6.45) is 5.30. The Hall–Kier alpha value is -1.82. The van der Waals surface area contributed by atoms with E-state index in [1.807, 2.05) is 19.2 Å². The number of carbonyl (C=O) groups is 1. The average molecular weight is 319 g/mol. The number of rotatable bonds is 6. The molecule has 0 aromatic carbocycles. The fraction of sp³-hybridized carbons (Fsp3) is 0.438. The van der Waals surface area contributed by atoms with E-state index in [-0.39, 0.29) is 11.9 Å². The van der Waals surface area contributed by atoms with E-state index in [0.717, 1.165) is 12.8 Å². The molecule has 0 bridgehead atoms. The number of hydrogen-bond acceptors (Lipinski definition) is 5. The highest BCUT2D eigenvalue weighted by Gasteiger charge is 2.21. The predicted octanol–water partition coefficient (Wildman–Crippen LogP) is 3.69. The number of hydrogen-bond donors (Lipinski definition) is 1. The van der Waals surface area contributed by atoms with Crippen LogP contribution in [0.2, 0.25) is 0 Å². The van der Waals surface area contributed by atoms with Gasteiger partial charge in [0.25, 0.3) is 5.91 Å². The van der Waals surface area contributed by atoms with Crippen molar-refractivity contribution < 1.29 is 9.21 Å². The number of furan rings is 1. The van der Waals surface area contributed by atoms with E-state index in [9.17, 15) is 4.79 Å². The predicted molar refractivity (Wildman–Crippen MR) is 88.1 cm³/mol. The summed E-state index contributed by atoms with van der Waals surface area (Å²) >= 11 is 1.44. The summed E-state index contributed by atoms with van der Waals surface area (Å²) in [7, 11) is 0. The highest BCUT2D eigenvalue weighted by Crippen LogP contribution is 2.25. The van der Waals surface area contributed by atoms with Gasteiger partial charge in [-0.05, 0) is 38.2 Å². The van der Waals surface area contributed by atoms with E-state index in [1.165, 1.54) is 11.8 Å². The molecule has 0 unspecified atom stereocenters. The van der Waals surface area contributed by atoms with Crippen LogP contribution in [0.15, 0.2) is 27.8 Å². The lowest BCUT2D eigenvalue weighted by Crippen LogP contribution is -2.35. The van der Waals surface area contributed by atoms with Gasteiger partial charge in [-0.3, -0.25) is 4.79 Å². The van der Waals surface area contributed by atoms with Crippen molar-refractivity contribution in [2.75, 3.05) is 6.26 Å². The molecular weight excluding hydrogens is 298 g/mol. The van der Waals surface area contributed by atoms with Gasteiger partial charge in [0, 0.05) is 6.04 Å². The minimum Gasteiger partial charge on any atom is -0.461 e. The van der Waals surface area contributed by atoms with Gasteiger partial charge in [-0.2, -0.15) is 0 Å². The molecule has 5 nitrogen and oxygen atoms in total. The second-order valence-corrected chi connectivity index (χ2v) is 5.78. The standard InChI is InChI=1S/C16H21N3O2S/c1-5-11(6-2)18-15(20)13-10(3)17-14(19-16(13)22-4)12-8-7-9-21-12/h7-9,11H,5-6H2,1-4H3,(H,18,20). The molecule has 0 saturated carbocycles. The zero-order chi connectivity index (χ0) is 16.1. The van der Waals surface area contributed by atoms with Crippen LogP contribution in [0, 0.1) is 6.92 Å². The van der Waals surface area contributed by atoms with Crippen molar-refractivity contribution in [1.29, 1.82) is 0 Å². The number of amides is 1. The van der Waals surface area contributed by atoms with Crippen molar-refractivity contribution >= 4 is 17.7 Å². The number of aryl methyl sites for hydroxylation is 1. The van der Waals surface area contributed by atoms with E-state index in [1.54, 1.807) is 12.3 Å². The lowest BCUT2D eigenvalue weighted by molar-refractivity contribution is 0.0930. The molecule has 2 aromatic heterocycles. The first-order chi connectivity index (χ1) is 10.6. The van der Waals surface area contributed by atoms with Crippen LogP contribution in [-0.2, 0) is 0 Å². The van der Waals surface area contributed by atoms with Gasteiger partial charge in [0.2, 0.25) is 0 Å². The third-order valence-corrected chi connectivity index (χ3v) is 4.22. The highest BCUT2D eigenvalue weighted by molar-refractivity contribution is 7.98. The summed E-state index contributed by atoms with van der Waals surface area (Å²) in [6, 6.07) is 3.77. The maximum atomic E-state index is 12.5. The molecule has 1 N–H and O–H groups in total. The molecule has 1 amide bonds. The highest BCUT2D eigenvalue weighted by atomic mass is 32.2. The van der Waals surface area contributed by atoms with Crippen LogP contribution < -0.4 is 5.32 Å². The molecule has 0 saturated heterocycles. The van der Waals surface area contributed by atoms with Crippen molar-refractivity contribution in [3.8, 4) is 11.6 Å². The van der Waals surface area contributed by atoms with Crippen molar-refractivity contribution in [3.05, 3.63) is 29.7 Å². The van der Waals surface area contributed by atoms with E-state index in [4.69, 9.17) is 4.42 Å². The number of nitrogens with one attached hydrogen (secondary N) is 1. The van der Waals surface area contributed by atoms with Gasteiger partial charge in [0.15, 0.2) is 11.6 Å². The van der Waals surface area contributed by atoms with E-state index < -0.39 is 0 Å². The zero-order valence-electron chi connectivity index (χ0n) is 13.3. The van der Waals surface area contributed by atoms with Crippen LogP contribution in [0.5, 0.6) is 0 Å². The molecular formula is C16H21N3O2S. The fourth-order valence-corrected chi connectivity index (χ4v) is 2.84. The second-order valence-electron chi connectivity index (χ2n) is 4.98. The third-order valence-electron chi connectivity index (χ3n) is 3.54. The van der Waals surface area contributed by atoms with Crippen molar-refractivity contribution in [3.63, 3.8) is 0 Å². The lowest BCUT2D eigenvalue weighted by Gasteiger charge is -2.17. The summed E-state index contributed by atoms with van der Waals surface area (Å²) < 4.78 is 5.34. The average Bonchev–Trinajstić information content (AvgIpc) is 3.05.